The highest BCUT2D eigenvalue weighted by Gasteiger charge is 2.09. The van der Waals surface area contributed by atoms with Crippen LogP contribution in [0.1, 0.15) is 36.1 Å². The van der Waals surface area contributed by atoms with E-state index in [4.69, 9.17) is 0 Å². The molecule has 0 spiro atoms. The molecule has 2 aromatic rings. The standard InChI is InChI=1S/C15H18BrNS/c1-3-15(12-5-4-6-14(16)7-12)17-8-13-10-18-9-11(13)2/h4-7,9-10,15,17H,3,8H2,1-2H3. The minimum Gasteiger partial charge on any atom is -0.306 e. The number of hydrogen-bond donors (Lipinski definition) is 1. The minimum atomic E-state index is 0.418. The van der Waals surface area contributed by atoms with Gasteiger partial charge in [-0.2, -0.15) is 11.3 Å². The lowest BCUT2D eigenvalue weighted by atomic mass is 10.0. The molecular weight excluding hydrogens is 306 g/mol. The molecule has 2 rings (SSSR count). The predicted octanol–water partition coefficient (Wildman–Crippen LogP) is 5.06. The Bertz CT molecular complexity index is 507. The zero-order chi connectivity index (χ0) is 13.0. The van der Waals surface area contributed by atoms with E-state index in [2.05, 4.69) is 70.1 Å². The van der Waals surface area contributed by atoms with E-state index in [1.54, 1.807) is 11.3 Å². The van der Waals surface area contributed by atoms with E-state index in [1.165, 1.54) is 16.7 Å². The second-order valence-electron chi connectivity index (χ2n) is 4.48. The number of benzene rings is 1. The van der Waals surface area contributed by atoms with Crippen molar-refractivity contribution in [3.8, 4) is 0 Å². The molecule has 1 N–H and O–H groups in total. The molecule has 18 heavy (non-hydrogen) atoms. The fraction of sp³-hybridized carbons (Fsp3) is 0.333. The van der Waals surface area contributed by atoms with Crippen LogP contribution < -0.4 is 5.32 Å². The molecule has 0 bridgehead atoms. The van der Waals surface area contributed by atoms with Gasteiger partial charge in [0.1, 0.15) is 0 Å². The summed E-state index contributed by atoms with van der Waals surface area (Å²) in [6, 6.07) is 8.97. The predicted molar refractivity (Wildman–Crippen MR) is 83.1 cm³/mol. The van der Waals surface area contributed by atoms with Crippen molar-refractivity contribution in [3.05, 3.63) is 56.2 Å². The second-order valence-corrected chi connectivity index (χ2v) is 6.14. The van der Waals surface area contributed by atoms with Crippen LogP contribution in [0.15, 0.2) is 39.5 Å². The van der Waals surface area contributed by atoms with Gasteiger partial charge < -0.3 is 5.32 Å². The summed E-state index contributed by atoms with van der Waals surface area (Å²) in [5.74, 6) is 0. The lowest BCUT2D eigenvalue weighted by Crippen LogP contribution is -2.20. The van der Waals surface area contributed by atoms with E-state index in [1.807, 2.05) is 0 Å². The second kappa shape index (κ2) is 6.50. The first-order valence-electron chi connectivity index (χ1n) is 6.21. The molecule has 96 valence electrons. The molecule has 1 atom stereocenters. The topological polar surface area (TPSA) is 12.0 Å². The summed E-state index contributed by atoms with van der Waals surface area (Å²) in [7, 11) is 0. The highest BCUT2D eigenvalue weighted by Crippen LogP contribution is 2.22. The summed E-state index contributed by atoms with van der Waals surface area (Å²) in [4.78, 5) is 0. The van der Waals surface area contributed by atoms with E-state index in [0.29, 0.717) is 6.04 Å². The molecule has 1 nitrogen and oxygen atoms in total. The molecular formula is C15H18BrNS. The fourth-order valence-electron chi connectivity index (χ4n) is 2.02. The lowest BCUT2D eigenvalue weighted by molar-refractivity contribution is 0.518. The lowest BCUT2D eigenvalue weighted by Gasteiger charge is -2.17. The summed E-state index contributed by atoms with van der Waals surface area (Å²) in [5.41, 5.74) is 4.14. The third-order valence-corrected chi connectivity index (χ3v) is 4.56. The Morgan fingerprint density at radius 2 is 2.17 bits per heavy atom. The highest BCUT2D eigenvalue weighted by atomic mass is 79.9. The number of thiophene rings is 1. The van der Waals surface area contributed by atoms with Gasteiger partial charge in [0.05, 0.1) is 0 Å². The van der Waals surface area contributed by atoms with E-state index >= 15 is 0 Å². The van der Waals surface area contributed by atoms with Crippen molar-refractivity contribution in [1.29, 1.82) is 0 Å². The number of hydrogen-bond acceptors (Lipinski definition) is 2. The van der Waals surface area contributed by atoms with Crippen molar-refractivity contribution in [1.82, 2.24) is 5.32 Å². The SMILES string of the molecule is CCC(NCc1cscc1C)c1cccc(Br)c1. The van der Waals surface area contributed by atoms with Crippen molar-refractivity contribution < 1.29 is 0 Å². The first-order chi connectivity index (χ1) is 8.70. The largest absolute Gasteiger partial charge is 0.306 e. The van der Waals surface area contributed by atoms with E-state index in [0.717, 1.165) is 17.4 Å². The van der Waals surface area contributed by atoms with E-state index in [9.17, 15) is 0 Å². The Morgan fingerprint density at radius 3 is 2.78 bits per heavy atom. The molecule has 0 aliphatic carbocycles. The first kappa shape index (κ1) is 13.8. The normalized spacial score (nSPS) is 12.6. The summed E-state index contributed by atoms with van der Waals surface area (Å²) in [5, 5.41) is 8.08. The summed E-state index contributed by atoms with van der Waals surface area (Å²) in [6.45, 7) is 5.34. The zero-order valence-corrected chi connectivity index (χ0v) is 13.1. The van der Waals surface area contributed by atoms with Crippen molar-refractivity contribution in [2.45, 2.75) is 32.9 Å². The summed E-state index contributed by atoms with van der Waals surface area (Å²) in [6.07, 6.45) is 1.10. The number of aryl methyl sites for hydroxylation is 1. The van der Waals surface area contributed by atoms with Gasteiger partial charge >= 0.3 is 0 Å². The van der Waals surface area contributed by atoms with Gasteiger partial charge in [0.15, 0.2) is 0 Å². The molecule has 0 saturated carbocycles. The third-order valence-electron chi connectivity index (χ3n) is 3.16. The maximum Gasteiger partial charge on any atom is 0.0321 e. The maximum atomic E-state index is 3.64. The number of nitrogens with one attached hydrogen (secondary N) is 1. The van der Waals surface area contributed by atoms with Gasteiger partial charge in [-0.1, -0.05) is 35.0 Å². The van der Waals surface area contributed by atoms with E-state index in [-0.39, 0.29) is 0 Å². The van der Waals surface area contributed by atoms with Crippen molar-refractivity contribution in [2.75, 3.05) is 0 Å². The fourth-order valence-corrected chi connectivity index (χ4v) is 3.30. The number of rotatable bonds is 5. The Hall–Kier alpha value is -0.640. The molecule has 0 saturated heterocycles. The van der Waals surface area contributed by atoms with Gasteiger partial charge in [-0.15, -0.1) is 0 Å². The molecule has 0 aliphatic rings. The van der Waals surface area contributed by atoms with Gasteiger partial charge in [-0.25, -0.2) is 0 Å². The molecule has 1 aromatic heterocycles. The Morgan fingerprint density at radius 1 is 1.33 bits per heavy atom. The molecule has 1 aromatic carbocycles. The van der Waals surface area contributed by atoms with Crippen LogP contribution in [0.3, 0.4) is 0 Å². The van der Waals surface area contributed by atoms with Crippen LogP contribution in [0, 0.1) is 6.92 Å². The summed E-state index contributed by atoms with van der Waals surface area (Å²) >= 11 is 5.31. The Balaban J connectivity index is 2.04. The average molecular weight is 324 g/mol. The maximum absolute atomic E-state index is 3.64. The van der Waals surface area contributed by atoms with Crippen LogP contribution in [0.2, 0.25) is 0 Å². The molecule has 1 unspecified atom stereocenters. The van der Waals surface area contributed by atoms with Crippen molar-refractivity contribution in [2.24, 2.45) is 0 Å². The van der Waals surface area contributed by atoms with Gasteiger partial charge in [-0.05, 0) is 52.9 Å². The van der Waals surface area contributed by atoms with Crippen LogP contribution in [-0.2, 0) is 6.54 Å². The average Bonchev–Trinajstić information content (AvgIpc) is 2.76. The Labute approximate surface area is 121 Å². The monoisotopic (exact) mass is 323 g/mol. The minimum absolute atomic E-state index is 0.418. The molecule has 0 fully saturated rings. The van der Waals surface area contributed by atoms with Crippen LogP contribution >= 0.6 is 27.3 Å². The Kier molecular flexibility index (Phi) is 4.98. The van der Waals surface area contributed by atoms with Crippen molar-refractivity contribution in [3.63, 3.8) is 0 Å². The van der Waals surface area contributed by atoms with Gasteiger partial charge in [0.2, 0.25) is 0 Å². The van der Waals surface area contributed by atoms with E-state index < -0.39 is 0 Å². The van der Waals surface area contributed by atoms with Gasteiger partial charge in [-0.3, -0.25) is 0 Å². The molecule has 0 aliphatic heterocycles. The molecule has 1 heterocycles. The molecule has 0 radical (unpaired) electrons. The van der Waals surface area contributed by atoms with Crippen LogP contribution in [0.4, 0.5) is 0 Å². The van der Waals surface area contributed by atoms with Gasteiger partial charge in [0, 0.05) is 17.1 Å². The molecule has 3 heteroatoms. The highest BCUT2D eigenvalue weighted by molar-refractivity contribution is 9.10. The van der Waals surface area contributed by atoms with Crippen molar-refractivity contribution >= 4 is 27.3 Å². The van der Waals surface area contributed by atoms with Crippen LogP contribution in [-0.4, -0.2) is 0 Å². The third kappa shape index (κ3) is 3.44. The quantitative estimate of drug-likeness (QED) is 0.810. The smallest absolute Gasteiger partial charge is 0.0321 e. The first-order valence-corrected chi connectivity index (χ1v) is 7.94. The number of halogens is 1. The summed E-state index contributed by atoms with van der Waals surface area (Å²) < 4.78 is 1.15. The van der Waals surface area contributed by atoms with Gasteiger partial charge in [0.25, 0.3) is 0 Å². The van der Waals surface area contributed by atoms with Crippen LogP contribution in [0.5, 0.6) is 0 Å². The molecule has 0 amide bonds. The zero-order valence-electron chi connectivity index (χ0n) is 10.7. The van der Waals surface area contributed by atoms with Crippen LogP contribution in [0.25, 0.3) is 0 Å².